The fourth-order valence-electron chi connectivity index (χ4n) is 1.21. The number of fused-ring (bicyclic) bond motifs is 1. The van der Waals surface area contributed by atoms with E-state index in [-0.39, 0.29) is 17.5 Å². The number of rotatable bonds is 0. The summed E-state index contributed by atoms with van der Waals surface area (Å²) in [5.74, 6) is -0.339. The minimum absolute atomic E-state index is 0.0116. The van der Waals surface area contributed by atoms with Gasteiger partial charge in [-0.25, -0.2) is 9.37 Å². The summed E-state index contributed by atoms with van der Waals surface area (Å²) in [6.45, 7) is 0. The Balaban J connectivity index is 2.89. The molecule has 72 valence electrons. The number of aromatic nitrogens is 2. The molecular weight excluding hydrogens is 185 g/mol. The summed E-state index contributed by atoms with van der Waals surface area (Å²) in [6, 6.07) is 2.57. The van der Waals surface area contributed by atoms with Gasteiger partial charge in [-0.05, 0) is 6.07 Å². The van der Waals surface area contributed by atoms with Crippen molar-refractivity contribution in [1.82, 2.24) is 9.97 Å². The summed E-state index contributed by atoms with van der Waals surface area (Å²) < 4.78 is 13.0. The smallest absolute Gasteiger partial charge is 0.222 e. The van der Waals surface area contributed by atoms with Crippen LogP contribution in [-0.4, -0.2) is 9.97 Å². The molecule has 0 bridgehead atoms. The van der Waals surface area contributed by atoms with Gasteiger partial charge in [0.2, 0.25) is 5.95 Å². The molecule has 6 N–H and O–H groups in total. The molecule has 1 aromatic carbocycles. The van der Waals surface area contributed by atoms with Gasteiger partial charge in [-0.1, -0.05) is 0 Å². The Morgan fingerprint density at radius 1 is 1.07 bits per heavy atom. The topological polar surface area (TPSA) is 104 Å². The first kappa shape index (κ1) is 8.49. The van der Waals surface area contributed by atoms with E-state index in [9.17, 15) is 4.39 Å². The van der Waals surface area contributed by atoms with Crippen molar-refractivity contribution in [2.45, 2.75) is 0 Å². The van der Waals surface area contributed by atoms with E-state index in [2.05, 4.69) is 9.97 Å². The van der Waals surface area contributed by atoms with Crippen molar-refractivity contribution in [1.29, 1.82) is 0 Å². The monoisotopic (exact) mass is 193 g/mol. The predicted octanol–water partition coefficient (Wildman–Crippen LogP) is 0.515. The lowest BCUT2D eigenvalue weighted by atomic mass is 10.2. The molecule has 6 heteroatoms. The number of anilines is 3. The van der Waals surface area contributed by atoms with E-state index in [0.717, 1.165) is 0 Å². The van der Waals surface area contributed by atoms with Crippen LogP contribution in [0.3, 0.4) is 0 Å². The second kappa shape index (κ2) is 2.69. The van der Waals surface area contributed by atoms with Gasteiger partial charge in [0.1, 0.15) is 11.6 Å². The highest BCUT2D eigenvalue weighted by molar-refractivity contribution is 5.91. The molecule has 0 radical (unpaired) electrons. The molecule has 0 spiro atoms. The normalized spacial score (nSPS) is 10.6. The van der Waals surface area contributed by atoms with Crippen LogP contribution < -0.4 is 17.2 Å². The first-order chi connectivity index (χ1) is 6.58. The number of hydrogen-bond donors (Lipinski definition) is 3. The number of nitrogen functional groups attached to an aromatic ring is 3. The number of hydrogen-bond acceptors (Lipinski definition) is 5. The fourth-order valence-corrected chi connectivity index (χ4v) is 1.21. The number of nitrogens with zero attached hydrogens (tertiary/aromatic N) is 2. The molecule has 0 saturated carbocycles. The summed E-state index contributed by atoms with van der Waals surface area (Å²) >= 11 is 0. The maximum absolute atomic E-state index is 13.0. The Kier molecular flexibility index (Phi) is 1.63. The molecule has 14 heavy (non-hydrogen) atoms. The van der Waals surface area contributed by atoms with E-state index in [1.807, 2.05) is 0 Å². The summed E-state index contributed by atoms with van der Waals surface area (Å²) in [5.41, 5.74) is 16.7. The summed E-state index contributed by atoms with van der Waals surface area (Å²) in [5, 5.41) is 0.498. The lowest BCUT2D eigenvalue weighted by Gasteiger charge is -2.03. The van der Waals surface area contributed by atoms with Crippen LogP contribution in [0.4, 0.5) is 21.8 Å². The molecule has 0 aliphatic rings. The van der Waals surface area contributed by atoms with Gasteiger partial charge >= 0.3 is 0 Å². The van der Waals surface area contributed by atoms with Crippen LogP contribution in [0.5, 0.6) is 0 Å². The molecule has 1 aromatic heterocycles. The third kappa shape index (κ3) is 1.17. The van der Waals surface area contributed by atoms with Gasteiger partial charge in [-0.2, -0.15) is 4.98 Å². The molecule has 0 saturated heterocycles. The van der Waals surface area contributed by atoms with Crippen LogP contribution in [0.2, 0.25) is 0 Å². The zero-order valence-corrected chi connectivity index (χ0v) is 7.16. The maximum atomic E-state index is 13.0. The van der Waals surface area contributed by atoms with Gasteiger partial charge < -0.3 is 17.2 Å². The molecule has 2 rings (SSSR count). The van der Waals surface area contributed by atoms with E-state index in [1.54, 1.807) is 0 Å². The van der Waals surface area contributed by atoms with Gasteiger partial charge in [0.25, 0.3) is 0 Å². The molecule has 1 heterocycles. The van der Waals surface area contributed by atoms with Gasteiger partial charge in [0.05, 0.1) is 11.2 Å². The van der Waals surface area contributed by atoms with Crippen LogP contribution in [0.15, 0.2) is 12.1 Å². The first-order valence-corrected chi connectivity index (χ1v) is 3.85. The van der Waals surface area contributed by atoms with Crippen LogP contribution in [0.1, 0.15) is 0 Å². The summed E-state index contributed by atoms with van der Waals surface area (Å²) in [6.07, 6.45) is 0. The van der Waals surface area contributed by atoms with Crippen LogP contribution in [-0.2, 0) is 0 Å². The lowest BCUT2D eigenvalue weighted by molar-refractivity contribution is 0.634. The second-order valence-corrected chi connectivity index (χ2v) is 2.86. The first-order valence-electron chi connectivity index (χ1n) is 3.85. The third-order valence-corrected chi connectivity index (χ3v) is 1.86. The van der Waals surface area contributed by atoms with E-state index in [1.165, 1.54) is 12.1 Å². The quantitative estimate of drug-likeness (QED) is 0.529. The molecule has 2 aromatic rings. The Morgan fingerprint density at radius 3 is 2.50 bits per heavy atom. The predicted molar refractivity (Wildman–Crippen MR) is 52.7 cm³/mol. The molecule has 0 aliphatic carbocycles. The standard InChI is InChI=1S/C8H8FN5/c9-4-2-6-3(1-5(4)10)7(11)14-8(12)13-6/h1-2H,10H2,(H4,11,12,13,14). The molecule has 5 nitrogen and oxygen atoms in total. The van der Waals surface area contributed by atoms with E-state index >= 15 is 0 Å². The Hall–Kier alpha value is -2.11. The average molecular weight is 193 g/mol. The fraction of sp³-hybridized carbons (Fsp3) is 0. The lowest BCUT2D eigenvalue weighted by Crippen LogP contribution is -2.01. The van der Waals surface area contributed by atoms with Crippen molar-refractivity contribution in [2.75, 3.05) is 17.2 Å². The SMILES string of the molecule is Nc1nc(N)c2cc(N)c(F)cc2n1. The van der Waals surface area contributed by atoms with Gasteiger partial charge in [0.15, 0.2) is 0 Å². The molecule has 0 fully saturated rings. The van der Waals surface area contributed by atoms with Crippen molar-refractivity contribution in [3.63, 3.8) is 0 Å². The highest BCUT2D eigenvalue weighted by Gasteiger charge is 2.07. The number of nitrogens with two attached hydrogens (primary N) is 3. The zero-order valence-electron chi connectivity index (χ0n) is 7.16. The second-order valence-electron chi connectivity index (χ2n) is 2.86. The maximum Gasteiger partial charge on any atom is 0.222 e. The Morgan fingerprint density at radius 2 is 1.79 bits per heavy atom. The van der Waals surface area contributed by atoms with Gasteiger partial charge in [0, 0.05) is 11.5 Å². The Labute approximate surface area is 78.7 Å². The Bertz CT molecular complexity index is 511. The molecular formula is C8H8FN5. The minimum Gasteiger partial charge on any atom is -0.396 e. The molecule has 0 unspecified atom stereocenters. The summed E-state index contributed by atoms with van der Waals surface area (Å²) in [4.78, 5) is 7.57. The van der Waals surface area contributed by atoms with Crippen LogP contribution >= 0.6 is 0 Å². The molecule has 0 atom stereocenters. The molecule has 0 aliphatic heterocycles. The largest absolute Gasteiger partial charge is 0.396 e. The van der Waals surface area contributed by atoms with Crippen molar-refractivity contribution in [3.8, 4) is 0 Å². The van der Waals surface area contributed by atoms with Gasteiger partial charge in [-0.3, -0.25) is 0 Å². The van der Waals surface area contributed by atoms with E-state index in [4.69, 9.17) is 17.2 Å². The minimum atomic E-state index is -0.546. The molecule has 0 amide bonds. The van der Waals surface area contributed by atoms with Crippen molar-refractivity contribution >= 4 is 28.4 Å². The van der Waals surface area contributed by atoms with E-state index in [0.29, 0.717) is 10.9 Å². The van der Waals surface area contributed by atoms with Crippen LogP contribution in [0.25, 0.3) is 10.9 Å². The highest BCUT2D eigenvalue weighted by atomic mass is 19.1. The zero-order chi connectivity index (χ0) is 10.3. The summed E-state index contributed by atoms with van der Waals surface area (Å²) in [7, 11) is 0. The number of halogens is 1. The van der Waals surface area contributed by atoms with Crippen LogP contribution in [0, 0.1) is 5.82 Å². The number of benzene rings is 1. The third-order valence-electron chi connectivity index (χ3n) is 1.86. The van der Waals surface area contributed by atoms with Gasteiger partial charge in [-0.15, -0.1) is 0 Å². The van der Waals surface area contributed by atoms with Crippen molar-refractivity contribution < 1.29 is 4.39 Å². The van der Waals surface area contributed by atoms with Crippen molar-refractivity contribution in [2.24, 2.45) is 0 Å². The average Bonchev–Trinajstić information content (AvgIpc) is 2.08. The highest BCUT2D eigenvalue weighted by Crippen LogP contribution is 2.23. The van der Waals surface area contributed by atoms with E-state index < -0.39 is 5.82 Å². The van der Waals surface area contributed by atoms with Crippen molar-refractivity contribution in [3.05, 3.63) is 17.9 Å².